The van der Waals surface area contributed by atoms with Crippen molar-refractivity contribution in [3.8, 4) is 0 Å². The fourth-order valence-electron chi connectivity index (χ4n) is 1.60. The molecule has 0 saturated heterocycles. The van der Waals surface area contributed by atoms with Gasteiger partial charge in [-0.3, -0.25) is 4.79 Å². The van der Waals surface area contributed by atoms with Crippen LogP contribution >= 0.6 is 27.7 Å². The molecule has 6 heteroatoms. The van der Waals surface area contributed by atoms with E-state index in [2.05, 4.69) is 21.2 Å². The molecule has 0 heterocycles. The zero-order chi connectivity index (χ0) is 15.2. The fourth-order valence-corrected chi connectivity index (χ4v) is 2.56. The summed E-state index contributed by atoms with van der Waals surface area (Å²) in [5.74, 6) is -1.22. The Morgan fingerprint density at radius 2 is 1.86 bits per heavy atom. The molecule has 21 heavy (non-hydrogen) atoms. The van der Waals surface area contributed by atoms with E-state index in [-0.39, 0.29) is 17.2 Å². The largest absolute Gasteiger partial charge is 0.545 e. The van der Waals surface area contributed by atoms with Crippen molar-refractivity contribution in [2.45, 2.75) is 4.90 Å². The van der Waals surface area contributed by atoms with Gasteiger partial charge in [-0.05, 0) is 42.0 Å². The van der Waals surface area contributed by atoms with Crippen molar-refractivity contribution in [1.82, 2.24) is 0 Å². The molecular weight excluding hydrogens is 354 g/mol. The number of carbonyl (C=O) groups is 2. The number of amides is 1. The second kappa shape index (κ2) is 7.28. The molecule has 1 N–H and O–H groups in total. The molecule has 0 fully saturated rings. The SMILES string of the molecule is O=C(CSc1ccc(Br)cc1)Nc1cccc(C(=O)[O-])c1. The average Bonchev–Trinajstić information content (AvgIpc) is 2.47. The smallest absolute Gasteiger partial charge is 0.234 e. The molecule has 1 amide bonds. The summed E-state index contributed by atoms with van der Waals surface area (Å²) in [5, 5.41) is 13.4. The topological polar surface area (TPSA) is 69.2 Å². The minimum atomic E-state index is -1.27. The van der Waals surface area contributed by atoms with E-state index in [9.17, 15) is 14.7 Å². The number of hydrogen-bond donors (Lipinski definition) is 1. The highest BCUT2D eigenvalue weighted by Gasteiger charge is 2.04. The third kappa shape index (κ3) is 4.91. The van der Waals surface area contributed by atoms with Crippen molar-refractivity contribution < 1.29 is 14.7 Å². The summed E-state index contributed by atoms with van der Waals surface area (Å²) in [5.41, 5.74) is 0.478. The molecule has 2 rings (SSSR count). The van der Waals surface area contributed by atoms with Crippen LogP contribution in [0.5, 0.6) is 0 Å². The van der Waals surface area contributed by atoms with Crippen LogP contribution in [-0.2, 0) is 4.79 Å². The zero-order valence-electron chi connectivity index (χ0n) is 10.8. The normalized spacial score (nSPS) is 10.1. The first-order chi connectivity index (χ1) is 10.0. The lowest BCUT2D eigenvalue weighted by Gasteiger charge is -2.08. The molecule has 0 saturated carbocycles. The first-order valence-corrected chi connectivity index (χ1v) is 7.82. The van der Waals surface area contributed by atoms with Crippen LogP contribution in [0.15, 0.2) is 57.9 Å². The molecule has 0 unspecified atom stereocenters. The van der Waals surface area contributed by atoms with Gasteiger partial charge in [0.15, 0.2) is 0 Å². The quantitative estimate of drug-likeness (QED) is 0.827. The Morgan fingerprint density at radius 1 is 1.14 bits per heavy atom. The molecule has 0 bridgehead atoms. The Labute approximate surface area is 134 Å². The van der Waals surface area contributed by atoms with E-state index in [1.807, 2.05) is 24.3 Å². The summed E-state index contributed by atoms with van der Waals surface area (Å²) in [6, 6.07) is 13.6. The van der Waals surface area contributed by atoms with Crippen molar-refractivity contribution in [2.75, 3.05) is 11.1 Å². The van der Waals surface area contributed by atoms with Crippen LogP contribution in [0.25, 0.3) is 0 Å². The van der Waals surface area contributed by atoms with Gasteiger partial charge in [-0.2, -0.15) is 0 Å². The minimum Gasteiger partial charge on any atom is -0.545 e. The van der Waals surface area contributed by atoms with Crippen LogP contribution in [0.2, 0.25) is 0 Å². The molecule has 0 atom stereocenters. The number of aromatic carboxylic acids is 1. The highest BCUT2D eigenvalue weighted by molar-refractivity contribution is 9.10. The predicted octanol–water partition coefficient (Wildman–Crippen LogP) is 2.54. The standard InChI is InChI=1S/C15H12BrNO3S/c16-11-4-6-13(7-5-11)21-9-14(18)17-12-3-1-2-10(8-12)15(19)20/h1-8H,9H2,(H,17,18)(H,19,20)/p-1. The summed E-state index contributed by atoms with van der Waals surface area (Å²) < 4.78 is 0.982. The lowest BCUT2D eigenvalue weighted by atomic mass is 10.2. The molecule has 0 radical (unpaired) electrons. The second-order valence-electron chi connectivity index (χ2n) is 4.16. The Bertz CT molecular complexity index is 658. The second-order valence-corrected chi connectivity index (χ2v) is 6.12. The number of thioether (sulfide) groups is 1. The van der Waals surface area contributed by atoms with E-state index < -0.39 is 5.97 Å². The van der Waals surface area contributed by atoms with Gasteiger partial charge in [-0.1, -0.05) is 28.1 Å². The van der Waals surface area contributed by atoms with E-state index >= 15 is 0 Å². The number of hydrogen-bond acceptors (Lipinski definition) is 4. The number of anilines is 1. The van der Waals surface area contributed by atoms with Gasteiger partial charge < -0.3 is 15.2 Å². The molecule has 2 aromatic carbocycles. The van der Waals surface area contributed by atoms with Gasteiger partial charge in [0.25, 0.3) is 0 Å². The number of carboxylic acids is 1. The number of halogens is 1. The van der Waals surface area contributed by atoms with Crippen molar-refractivity contribution >= 4 is 45.3 Å². The summed E-state index contributed by atoms with van der Waals surface area (Å²) in [6.07, 6.45) is 0. The van der Waals surface area contributed by atoms with E-state index in [4.69, 9.17) is 0 Å². The number of benzene rings is 2. The van der Waals surface area contributed by atoms with Gasteiger partial charge >= 0.3 is 0 Å². The minimum absolute atomic E-state index is 0.0355. The van der Waals surface area contributed by atoms with Gasteiger partial charge in [-0.25, -0.2) is 0 Å². The van der Waals surface area contributed by atoms with Crippen LogP contribution in [-0.4, -0.2) is 17.6 Å². The summed E-state index contributed by atoms with van der Waals surface area (Å²) in [7, 11) is 0. The van der Waals surface area contributed by atoms with E-state index in [1.54, 1.807) is 12.1 Å². The van der Waals surface area contributed by atoms with Gasteiger partial charge in [0.05, 0.1) is 11.7 Å². The van der Waals surface area contributed by atoms with Crippen LogP contribution in [0, 0.1) is 0 Å². The fraction of sp³-hybridized carbons (Fsp3) is 0.0667. The molecule has 108 valence electrons. The predicted molar refractivity (Wildman–Crippen MR) is 84.3 cm³/mol. The molecule has 0 aliphatic carbocycles. The number of carboxylic acid groups (broad SMARTS) is 1. The molecule has 0 spiro atoms. The molecule has 2 aromatic rings. The highest BCUT2D eigenvalue weighted by Crippen LogP contribution is 2.21. The Balaban J connectivity index is 1.91. The maximum absolute atomic E-state index is 11.8. The van der Waals surface area contributed by atoms with Crippen LogP contribution in [0.3, 0.4) is 0 Å². The monoisotopic (exact) mass is 364 g/mol. The molecule has 4 nitrogen and oxygen atoms in total. The van der Waals surface area contributed by atoms with Crippen molar-refractivity contribution in [3.63, 3.8) is 0 Å². The molecule has 0 aromatic heterocycles. The number of carbonyl (C=O) groups excluding carboxylic acids is 2. The van der Waals surface area contributed by atoms with Crippen molar-refractivity contribution in [1.29, 1.82) is 0 Å². The Kier molecular flexibility index (Phi) is 5.41. The third-order valence-electron chi connectivity index (χ3n) is 2.57. The van der Waals surface area contributed by atoms with Crippen molar-refractivity contribution in [2.24, 2.45) is 0 Å². The lowest BCUT2D eigenvalue weighted by molar-refractivity contribution is -0.255. The average molecular weight is 365 g/mol. The summed E-state index contributed by atoms with van der Waals surface area (Å²) >= 11 is 4.75. The first kappa shape index (κ1) is 15.6. The van der Waals surface area contributed by atoms with Crippen LogP contribution < -0.4 is 10.4 Å². The Hall–Kier alpha value is -1.79. The van der Waals surface area contributed by atoms with Gasteiger partial charge in [0.2, 0.25) is 5.91 Å². The molecular formula is C15H11BrNO3S-. The zero-order valence-corrected chi connectivity index (χ0v) is 13.2. The number of rotatable bonds is 5. The lowest BCUT2D eigenvalue weighted by Crippen LogP contribution is -2.22. The highest BCUT2D eigenvalue weighted by atomic mass is 79.9. The third-order valence-corrected chi connectivity index (χ3v) is 4.11. The van der Waals surface area contributed by atoms with Crippen LogP contribution in [0.4, 0.5) is 5.69 Å². The van der Waals surface area contributed by atoms with Gasteiger partial charge in [0, 0.05) is 15.1 Å². The van der Waals surface area contributed by atoms with Crippen LogP contribution in [0.1, 0.15) is 10.4 Å². The van der Waals surface area contributed by atoms with Gasteiger partial charge in [-0.15, -0.1) is 11.8 Å². The van der Waals surface area contributed by atoms with E-state index in [1.165, 1.54) is 23.9 Å². The maximum Gasteiger partial charge on any atom is 0.234 e. The Morgan fingerprint density at radius 3 is 2.52 bits per heavy atom. The molecule has 0 aliphatic heterocycles. The van der Waals surface area contributed by atoms with E-state index in [0.717, 1.165) is 9.37 Å². The molecule has 0 aliphatic rings. The maximum atomic E-state index is 11.8. The van der Waals surface area contributed by atoms with Gasteiger partial charge in [0.1, 0.15) is 0 Å². The number of nitrogens with one attached hydrogen (secondary N) is 1. The van der Waals surface area contributed by atoms with Crippen molar-refractivity contribution in [3.05, 3.63) is 58.6 Å². The summed E-state index contributed by atoms with van der Waals surface area (Å²) in [6.45, 7) is 0. The summed E-state index contributed by atoms with van der Waals surface area (Å²) in [4.78, 5) is 23.6. The first-order valence-electron chi connectivity index (χ1n) is 6.04. The van der Waals surface area contributed by atoms with E-state index in [0.29, 0.717) is 5.69 Å².